The van der Waals surface area contributed by atoms with Crippen molar-refractivity contribution in [2.45, 2.75) is 38.4 Å². The minimum Gasteiger partial charge on any atom is -0.338 e. The van der Waals surface area contributed by atoms with Crippen molar-refractivity contribution in [3.63, 3.8) is 0 Å². The number of nitrogens with zero attached hydrogens (tertiary/aromatic N) is 3. The molecule has 1 saturated heterocycles. The summed E-state index contributed by atoms with van der Waals surface area (Å²) in [5, 5.41) is 0. The molecule has 1 aliphatic heterocycles. The van der Waals surface area contributed by atoms with Crippen LogP contribution in [0.5, 0.6) is 0 Å². The van der Waals surface area contributed by atoms with Gasteiger partial charge in [0.15, 0.2) is 9.84 Å². The number of hydrogen-bond donors (Lipinski definition) is 0. The SMILES string of the molecule is CCC1(CC)CN(c2nccc(C)n2)CCS1(=O)=O. The monoisotopic (exact) mass is 283 g/mol. The van der Waals surface area contributed by atoms with Crippen LogP contribution in [-0.2, 0) is 9.84 Å². The molecule has 0 radical (unpaired) electrons. The van der Waals surface area contributed by atoms with E-state index in [4.69, 9.17) is 0 Å². The molecule has 19 heavy (non-hydrogen) atoms. The molecule has 1 fully saturated rings. The van der Waals surface area contributed by atoms with Crippen LogP contribution in [0.25, 0.3) is 0 Å². The maximum Gasteiger partial charge on any atom is 0.225 e. The number of anilines is 1. The highest BCUT2D eigenvalue weighted by atomic mass is 32.2. The normalized spacial score (nSPS) is 21.3. The van der Waals surface area contributed by atoms with Crippen molar-refractivity contribution in [2.24, 2.45) is 0 Å². The molecule has 5 nitrogen and oxygen atoms in total. The Morgan fingerprint density at radius 3 is 2.63 bits per heavy atom. The third kappa shape index (κ3) is 2.45. The summed E-state index contributed by atoms with van der Waals surface area (Å²) in [7, 11) is -3.03. The van der Waals surface area contributed by atoms with E-state index in [0.717, 1.165) is 5.69 Å². The van der Waals surface area contributed by atoms with Crippen LogP contribution in [0.1, 0.15) is 32.4 Å². The van der Waals surface area contributed by atoms with E-state index in [2.05, 4.69) is 9.97 Å². The van der Waals surface area contributed by atoms with Crippen molar-refractivity contribution in [3.8, 4) is 0 Å². The Labute approximate surface area is 115 Å². The third-order valence-corrected chi connectivity index (χ3v) is 6.87. The Morgan fingerprint density at radius 2 is 2.05 bits per heavy atom. The van der Waals surface area contributed by atoms with Crippen molar-refractivity contribution in [1.29, 1.82) is 0 Å². The standard InChI is InChI=1S/C13H21N3O2S/c1-4-13(5-2)10-16(8-9-19(13,17)18)12-14-7-6-11(3)15-12/h6-7H,4-5,8-10H2,1-3H3. The fourth-order valence-corrected chi connectivity index (χ4v) is 4.77. The molecule has 0 unspecified atom stereocenters. The zero-order valence-electron chi connectivity index (χ0n) is 11.8. The first-order chi connectivity index (χ1) is 8.94. The summed E-state index contributed by atoms with van der Waals surface area (Å²) in [5.74, 6) is 0.826. The molecule has 0 bridgehead atoms. The largest absolute Gasteiger partial charge is 0.338 e. The van der Waals surface area contributed by atoms with Crippen molar-refractivity contribution in [1.82, 2.24) is 9.97 Å². The van der Waals surface area contributed by atoms with Gasteiger partial charge >= 0.3 is 0 Å². The molecule has 0 spiro atoms. The third-order valence-electron chi connectivity index (χ3n) is 4.12. The average Bonchev–Trinajstić information content (AvgIpc) is 2.39. The van der Waals surface area contributed by atoms with E-state index in [0.29, 0.717) is 31.9 Å². The van der Waals surface area contributed by atoms with Crippen LogP contribution in [0.3, 0.4) is 0 Å². The summed E-state index contributed by atoms with van der Waals surface area (Å²) in [6.07, 6.45) is 2.99. The highest BCUT2D eigenvalue weighted by Gasteiger charge is 2.45. The second-order valence-electron chi connectivity index (χ2n) is 5.13. The molecule has 2 rings (SSSR count). The van der Waals surface area contributed by atoms with Crippen LogP contribution >= 0.6 is 0 Å². The molecule has 0 saturated carbocycles. The highest BCUT2D eigenvalue weighted by Crippen LogP contribution is 2.32. The van der Waals surface area contributed by atoms with Gasteiger partial charge in [0.1, 0.15) is 0 Å². The van der Waals surface area contributed by atoms with Crippen molar-refractivity contribution < 1.29 is 8.42 Å². The lowest BCUT2D eigenvalue weighted by molar-refractivity contribution is 0.456. The van der Waals surface area contributed by atoms with Crippen LogP contribution in [0, 0.1) is 6.92 Å². The topological polar surface area (TPSA) is 63.2 Å². The second kappa shape index (κ2) is 5.07. The van der Waals surface area contributed by atoms with Crippen LogP contribution in [0.2, 0.25) is 0 Å². The van der Waals surface area contributed by atoms with E-state index >= 15 is 0 Å². The highest BCUT2D eigenvalue weighted by molar-refractivity contribution is 7.92. The number of hydrogen-bond acceptors (Lipinski definition) is 5. The summed E-state index contributed by atoms with van der Waals surface area (Å²) in [5.41, 5.74) is 0.900. The summed E-state index contributed by atoms with van der Waals surface area (Å²) in [6, 6.07) is 1.84. The first-order valence-corrected chi connectivity index (χ1v) is 8.36. The van der Waals surface area contributed by atoms with E-state index < -0.39 is 14.6 Å². The van der Waals surface area contributed by atoms with E-state index in [1.807, 2.05) is 31.7 Å². The number of aryl methyl sites for hydroxylation is 1. The van der Waals surface area contributed by atoms with E-state index in [9.17, 15) is 8.42 Å². The zero-order valence-corrected chi connectivity index (χ0v) is 12.6. The molecular weight excluding hydrogens is 262 g/mol. The lowest BCUT2D eigenvalue weighted by atomic mass is 10.0. The van der Waals surface area contributed by atoms with E-state index in [1.165, 1.54) is 0 Å². The smallest absolute Gasteiger partial charge is 0.225 e. The molecule has 0 amide bonds. The van der Waals surface area contributed by atoms with Gasteiger partial charge in [-0.15, -0.1) is 0 Å². The molecular formula is C13H21N3O2S. The molecule has 1 aliphatic rings. The number of sulfone groups is 1. The van der Waals surface area contributed by atoms with Gasteiger partial charge in [0.25, 0.3) is 0 Å². The molecule has 0 N–H and O–H groups in total. The molecule has 106 valence electrons. The van der Waals surface area contributed by atoms with Gasteiger partial charge in [0, 0.05) is 25.0 Å². The quantitative estimate of drug-likeness (QED) is 0.842. The Kier molecular flexibility index (Phi) is 3.80. The average molecular weight is 283 g/mol. The van der Waals surface area contributed by atoms with Gasteiger partial charge in [0.2, 0.25) is 5.95 Å². The Bertz CT molecular complexity index is 553. The molecule has 6 heteroatoms. The summed E-state index contributed by atoms with van der Waals surface area (Å²) >= 11 is 0. The first kappa shape index (κ1) is 14.2. The fraction of sp³-hybridized carbons (Fsp3) is 0.692. The molecule has 0 aromatic carbocycles. The van der Waals surface area contributed by atoms with Gasteiger partial charge in [-0.25, -0.2) is 18.4 Å². The van der Waals surface area contributed by atoms with Gasteiger partial charge in [-0.1, -0.05) is 13.8 Å². The van der Waals surface area contributed by atoms with Crippen molar-refractivity contribution >= 4 is 15.8 Å². The first-order valence-electron chi connectivity index (χ1n) is 6.71. The molecule has 2 heterocycles. The van der Waals surface area contributed by atoms with Crippen molar-refractivity contribution in [3.05, 3.63) is 18.0 Å². The minimum absolute atomic E-state index is 0.186. The van der Waals surface area contributed by atoms with Crippen molar-refractivity contribution in [2.75, 3.05) is 23.7 Å². The van der Waals surface area contributed by atoms with Crippen LogP contribution in [0.15, 0.2) is 12.3 Å². The maximum atomic E-state index is 12.3. The molecule has 0 atom stereocenters. The predicted molar refractivity (Wildman–Crippen MR) is 76.1 cm³/mol. The Hall–Kier alpha value is -1.17. The molecule has 1 aromatic heterocycles. The molecule has 0 aliphatic carbocycles. The second-order valence-corrected chi connectivity index (χ2v) is 7.63. The number of rotatable bonds is 3. The Balaban J connectivity index is 2.33. The lowest BCUT2D eigenvalue weighted by Crippen LogP contribution is -2.56. The number of aromatic nitrogens is 2. The summed E-state index contributed by atoms with van der Waals surface area (Å²) in [6.45, 7) is 6.78. The van der Waals surface area contributed by atoms with Crippen LogP contribution in [-0.4, -0.2) is 42.0 Å². The minimum atomic E-state index is -3.03. The van der Waals surface area contributed by atoms with Gasteiger partial charge in [0.05, 0.1) is 10.5 Å². The van der Waals surface area contributed by atoms with Gasteiger partial charge in [-0.2, -0.15) is 0 Å². The molecule has 1 aromatic rings. The maximum absolute atomic E-state index is 12.3. The van der Waals surface area contributed by atoms with Gasteiger partial charge < -0.3 is 4.90 Å². The van der Waals surface area contributed by atoms with Crippen LogP contribution < -0.4 is 4.90 Å². The van der Waals surface area contributed by atoms with E-state index in [-0.39, 0.29) is 5.75 Å². The van der Waals surface area contributed by atoms with E-state index in [1.54, 1.807) is 6.20 Å². The van der Waals surface area contributed by atoms with Gasteiger partial charge in [-0.05, 0) is 25.8 Å². The summed E-state index contributed by atoms with van der Waals surface area (Å²) < 4.78 is 24.0. The zero-order chi connectivity index (χ0) is 14.1. The lowest BCUT2D eigenvalue weighted by Gasteiger charge is -2.41. The van der Waals surface area contributed by atoms with Crippen LogP contribution in [0.4, 0.5) is 5.95 Å². The predicted octanol–water partition coefficient (Wildman–Crippen LogP) is 1.58. The Morgan fingerprint density at radius 1 is 1.37 bits per heavy atom. The summed E-state index contributed by atoms with van der Waals surface area (Å²) in [4.78, 5) is 10.7. The fourth-order valence-electron chi connectivity index (χ4n) is 2.64. The van der Waals surface area contributed by atoms with Gasteiger partial charge in [-0.3, -0.25) is 0 Å².